The van der Waals surface area contributed by atoms with E-state index in [1.807, 2.05) is 0 Å². The molecule has 0 amide bonds. The monoisotopic (exact) mass is 320 g/mol. The number of oxazole rings is 1. The lowest BCUT2D eigenvalue weighted by atomic mass is 10.2. The maximum absolute atomic E-state index is 12.7. The Morgan fingerprint density at radius 1 is 1.33 bits per heavy atom. The topological polar surface area (TPSA) is 38.1 Å². The Kier molecular flexibility index (Phi) is 3.60. The standard InChI is InChI=1S/C11H8BrF3N2O/c12-10-2-1-7(3-9(10)11(13,14)15)17-5-8-4-16-6-18-8/h1-4,6,17H,5H2. The molecule has 96 valence electrons. The highest BCUT2D eigenvalue weighted by Gasteiger charge is 2.33. The summed E-state index contributed by atoms with van der Waals surface area (Å²) in [5.41, 5.74) is -0.355. The van der Waals surface area contributed by atoms with Gasteiger partial charge in [0.1, 0.15) is 5.76 Å². The Bertz CT molecular complexity index is 526. The van der Waals surface area contributed by atoms with Gasteiger partial charge in [0.2, 0.25) is 0 Å². The Balaban J connectivity index is 2.15. The fourth-order valence-electron chi connectivity index (χ4n) is 1.37. The predicted molar refractivity (Wildman–Crippen MR) is 63.0 cm³/mol. The molecule has 7 heteroatoms. The van der Waals surface area contributed by atoms with Gasteiger partial charge in [-0.3, -0.25) is 0 Å². The van der Waals surface area contributed by atoms with Crippen LogP contribution in [0.1, 0.15) is 11.3 Å². The number of anilines is 1. The van der Waals surface area contributed by atoms with E-state index in [0.29, 0.717) is 11.4 Å². The van der Waals surface area contributed by atoms with Gasteiger partial charge in [0.15, 0.2) is 6.39 Å². The highest BCUT2D eigenvalue weighted by atomic mass is 79.9. The number of nitrogens with zero attached hydrogens (tertiary/aromatic N) is 1. The minimum atomic E-state index is -4.39. The molecule has 0 saturated carbocycles. The maximum atomic E-state index is 12.7. The summed E-state index contributed by atoms with van der Waals surface area (Å²) in [4.78, 5) is 3.71. The van der Waals surface area contributed by atoms with Crippen LogP contribution >= 0.6 is 15.9 Å². The van der Waals surface area contributed by atoms with Gasteiger partial charge in [-0.2, -0.15) is 13.2 Å². The fourth-order valence-corrected chi connectivity index (χ4v) is 1.84. The molecule has 2 aromatic rings. The minimum absolute atomic E-state index is 0.0141. The molecule has 0 aliphatic carbocycles. The van der Waals surface area contributed by atoms with Crippen LogP contribution < -0.4 is 5.32 Å². The zero-order valence-corrected chi connectivity index (χ0v) is 10.5. The smallest absolute Gasteiger partial charge is 0.417 e. The molecule has 1 N–H and O–H groups in total. The summed E-state index contributed by atoms with van der Waals surface area (Å²) in [5.74, 6) is 0.548. The van der Waals surface area contributed by atoms with Gasteiger partial charge in [-0.05, 0) is 18.2 Å². The summed E-state index contributed by atoms with van der Waals surface area (Å²) < 4.78 is 43.0. The highest BCUT2D eigenvalue weighted by molar-refractivity contribution is 9.10. The summed E-state index contributed by atoms with van der Waals surface area (Å²) in [6.07, 6.45) is -1.63. The van der Waals surface area contributed by atoms with E-state index in [4.69, 9.17) is 4.42 Å². The molecule has 1 aromatic heterocycles. The van der Waals surface area contributed by atoms with Crippen LogP contribution in [-0.2, 0) is 12.7 Å². The molecule has 0 fully saturated rings. The first-order valence-electron chi connectivity index (χ1n) is 4.95. The summed E-state index contributed by atoms with van der Waals surface area (Å²) in [7, 11) is 0. The van der Waals surface area contributed by atoms with Crippen molar-refractivity contribution < 1.29 is 17.6 Å². The van der Waals surface area contributed by atoms with E-state index in [1.54, 1.807) is 6.07 Å². The van der Waals surface area contributed by atoms with Gasteiger partial charge in [0, 0.05) is 10.2 Å². The van der Waals surface area contributed by atoms with E-state index in [2.05, 4.69) is 26.2 Å². The SMILES string of the molecule is FC(F)(F)c1cc(NCc2cnco2)ccc1Br. The van der Waals surface area contributed by atoms with Crippen LogP contribution in [0.5, 0.6) is 0 Å². The van der Waals surface area contributed by atoms with Crippen molar-refractivity contribution in [2.45, 2.75) is 12.7 Å². The van der Waals surface area contributed by atoms with Gasteiger partial charge in [-0.25, -0.2) is 4.98 Å². The molecule has 18 heavy (non-hydrogen) atoms. The fraction of sp³-hybridized carbons (Fsp3) is 0.182. The normalized spacial score (nSPS) is 11.6. The molecule has 1 heterocycles. The third kappa shape index (κ3) is 3.04. The van der Waals surface area contributed by atoms with E-state index in [0.717, 1.165) is 6.07 Å². The number of halogens is 4. The Hall–Kier alpha value is -1.50. The van der Waals surface area contributed by atoms with Crippen LogP contribution in [0.25, 0.3) is 0 Å². The summed E-state index contributed by atoms with van der Waals surface area (Å²) in [6, 6.07) is 3.95. The number of benzene rings is 1. The number of rotatable bonds is 3. The van der Waals surface area contributed by atoms with Crippen LogP contribution in [0.3, 0.4) is 0 Å². The van der Waals surface area contributed by atoms with Crippen LogP contribution in [0.15, 0.2) is 39.7 Å². The average molecular weight is 321 g/mol. The van der Waals surface area contributed by atoms with Crippen molar-refractivity contribution in [2.24, 2.45) is 0 Å². The number of nitrogens with one attached hydrogen (secondary N) is 1. The van der Waals surface area contributed by atoms with Crippen molar-refractivity contribution in [3.05, 3.63) is 46.6 Å². The van der Waals surface area contributed by atoms with Crippen LogP contribution in [0, 0.1) is 0 Å². The lowest BCUT2D eigenvalue weighted by Gasteiger charge is -2.11. The molecule has 1 aromatic carbocycles. The Morgan fingerprint density at radius 2 is 2.11 bits per heavy atom. The van der Waals surface area contributed by atoms with Crippen LogP contribution in [-0.4, -0.2) is 4.98 Å². The van der Waals surface area contributed by atoms with E-state index in [1.165, 1.54) is 18.7 Å². The second kappa shape index (κ2) is 5.01. The molecule has 0 aliphatic rings. The van der Waals surface area contributed by atoms with Crippen LogP contribution in [0.2, 0.25) is 0 Å². The molecule has 3 nitrogen and oxygen atoms in total. The van der Waals surface area contributed by atoms with Crippen molar-refractivity contribution in [3.8, 4) is 0 Å². The molecule has 0 bridgehead atoms. The van der Waals surface area contributed by atoms with E-state index in [9.17, 15) is 13.2 Å². The summed E-state index contributed by atoms with van der Waals surface area (Å²) >= 11 is 2.88. The molecular formula is C11H8BrF3N2O. The summed E-state index contributed by atoms with van der Waals surface area (Å²) in [6.45, 7) is 0.277. The lowest BCUT2D eigenvalue weighted by molar-refractivity contribution is -0.138. The maximum Gasteiger partial charge on any atom is 0.417 e. The molecule has 0 aliphatic heterocycles. The quantitative estimate of drug-likeness (QED) is 0.926. The zero-order valence-electron chi connectivity index (χ0n) is 8.96. The second-order valence-electron chi connectivity index (χ2n) is 3.51. The third-order valence-electron chi connectivity index (χ3n) is 2.22. The van der Waals surface area contributed by atoms with Crippen LogP contribution in [0.4, 0.5) is 18.9 Å². The van der Waals surface area contributed by atoms with Gasteiger partial charge in [-0.1, -0.05) is 15.9 Å². The largest absolute Gasteiger partial charge is 0.447 e. The molecule has 0 atom stereocenters. The molecule has 0 radical (unpaired) electrons. The minimum Gasteiger partial charge on any atom is -0.447 e. The second-order valence-corrected chi connectivity index (χ2v) is 4.37. The van der Waals surface area contributed by atoms with E-state index in [-0.39, 0.29) is 11.0 Å². The number of hydrogen-bond donors (Lipinski definition) is 1. The van der Waals surface area contributed by atoms with Gasteiger partial charge < -0.3 is 9.73 Å². The first-order chi connectivity index (χ1) is 8.47. The molecular weight excluding hydrogens is 313 g/mol. The molecule has 0 unspecified atom stereocenters. The number of hydrogen-bond acceptors (Lipinski definition) is 3. The Morgan fingerprint density at radius 3 is 2.72 bits per heavy atom. The first kappa shape index (κ1) is 12.9. The van der Waals surface area contributed by atoms with E-state index < -0.39 is 11.7 Å². The van der Waals surface area contributed by atoms with Gasteiger partial charge >= 0.3 is 6.18 Å². The Labute approximate surface area is 109 Å². The third-order valence-corrected chi connectivity index (χ3v) is 2.91. The molecule has 0 saturated heterocycles. The van der Waals surface area contributed by atoms with Crippen molar-refractivity contribution in [2.75, 3.05) is 5.32 Å². The van der Waals surface area contributed by atoms with Crippen molar-refractivity contribution in [1.29, 1.82) is 0 Å². The molecule has 0 spiro atoms. The lowest BCUT2D eigenvalue weighted by Crippen LogP contribution is -2.07. The highest BCUT2D eigenvalue weighted by Crippen LogP contribution is 2.36. The molecule has 2 rings (SSSR count). The van der Waals surface area contributed by atoms with Gasteiger partial charge in [0.05, 0.1) is 18.3 Å². The number of alkyl halides is 3. The first-order valence-corrected chi connectivity index (χ1v) is 5.74. The zero-order chi connectivity index (χ0) is 13.2. The van der Waals surface area contributed by atoms with E-state index >= 15 is 0 Å². The van der Waals surface area contributed by atoms with Gasteiger partial charge in [-0.15, -0.1) is 0 Å². The van der Waals surface area contributed by atoms with Crippen molar-refractivity contribution >= 4 is 21.6 Å². The number of aromatic nitrogens is 1. The van der Waals surface area contributed by atoms with Crippen molar-refractivity contribution in [1.82, 2.24) is 4.98 Å². The predicted octanol–water partition coefficient (Wildman–Crippen LogP) is 4.07. The average Bonchev–Trinajstić information content (AvgIpc) is 2.79. The van der Waals surface area contributed by atoms with Crippen molar-refractivity contribution in [3.63, 3.8) is 0 Å². The summed E-state index contributed by atoms with van der Waals surface area (Å²) in [5, 5.41) is 2.83. The van der Waals surface area contributed by atoms with Gasteiger partial charge in [0.25, 0.3) is 0 Å².